The van der Waals surface area contributed by atoms with Crippen LogP contribution in [-0.4, -0.2) is 11.1 Å². The second-order valence-electron chi connectivity index (χ2n) is 5.34. The number of rotatable bonds is 8. The molecule has 0 unspecified atom stereocenters. The Morgan fingerprint density at radius 1 is 0.692 bits per heavy atom. The molecule has 0 saturated heterocycles. The smallest absolute Gasteiger partial charge is 0.481 e. The molecule has 5 nitrogen and oxygen atoms in total. The minimum Gasteiger partial charge on any atom is -0.481 e. The maximum Gasteiger partial charge on any atom is 0.530 e. The molecule has 1 N–H and O–H groups in total. The third-order valence-electron chi connectivity index (χ3n) is 3.30. The second kappa shape index (κ2) is 8.88. The highest BCUT2D eigenvalue weighted by Crippen LogP contribution is 2.42. The fourth-order valence-electron chi connectivity index (χ4n) is 2.12. The lowest BCUT2D eigenvalue weighted by atomic mass is 10.1. The predicted octanol–water partition coefficient (Wildman–Crippen LogP) is 5.08. The first-order chi connectivity index (χ1) is 12.7. The minimum absolute atomic E-state index is 0.0317. The summed E-state index contributed by atoms with van der Waals surface area (Å²) < 4.78 is 17.5. The third kappa shape index (κ3) is 5.50. The van der Waals surface area contributed by atoms with Crippen LogP contribution in [0.2, 0.25) is 0 Å². The molecule has 0 radical (unpaired) electrons. The van der Waals surface area contributed by atoms with Crippen molar-refractivity contribution in [3.8, 4) is 17.2 Å². The van der Waals surface area contributed by atoms with Crippen molar-refractivity contribution >= 4 is 14.6 Å². The standard InChI is InChI=1S/C20H17O5P/c21-20(22)15-16-11-13-19(14-12-16)25-26(23-17-7-3-1-4-8-17)24-18-9-5-2-6-10-18/h1-14H,15H2,(H,21,22). The summed E-state index contributed by atoms with van der Waals surface area (Å²) in [5.74, 6) is 0.937. The van der Waals surface area contributed by atoms with E-state index < -0.39 is 14.6 Å². The summed E-state index contributed by atoms with van der Waals surface area (Å²) in [4.78, 5) is 10.8. The Labute approximate surface area is 152 Å². The molecule has 0 aliphatic carbocycles. The van der Waals surface area contributed by atoms with E-state index in [0.29, 0.717) is 22.8 Å². The Kier molecular flexibility index (Phi) is 6.07. The van der Waals surface area contributed by atoms with Crippen LogP contribution in [0.4, 0.5) is 0 Å². The van der Waals surface area contributed by atoms with Crippen LogP contribution < -0.4 is 13.6 Å². The Morgan fingerprint density at radius 3 is 1.54 bits per heavy atom. The van der Waals surface area contributed by atoms with Gasteiger partial charge in [-0.2, -0.15) is 0 Å². The van der Waals surface area contributed by atoms with Gasteiger partial charge in [0.15, 0.2) is 0 Å². The summed E-state index contributed by atoms with van der Waals surface area (Å²) in [7, 11) is -1.73. The number of hydrogen-bond donors (Lipinski definition) is 1. The average Bonchev–Trinajstić information content (AvgIpc) is 2.64. The molecule has 0 aromatic heterocycles. The van der Waals surface area contributed by atoms with E-state index in [1.165, 1.54) is 0 Å². The zero-order valence-corrected chi connectivity index (χ0v) is 14.7. The molecule has 26 heavy (non-hydrogen) atoms. The third-order valence-corrected chi connectivity index (χ3v) is 4.38. The average molecular weight is 368 g/mol. The van der Waals surface area contributed by atoms with E-state index in [1.807, 2.05) is 60.7 Å². The van der Waals surface area contributed by atoms with Crippen molar-refractivity contribution < 1.29 is 23.5 Å². The molecular formula is C20H17O5P. The number of carboxylic acids is 1. The van der Waals surface area contributed by atoms with E-state index >= 15 is 0 Å². The Balaban J connectivity index is 1.73. The highest BCUT2D eigenvalue weighted by Gasteiger charge is 2.19. The molecule has 0 amide bonds. The van der Waals surface area contributed by atoms with Gasteiger partial charge in [-0.15, -0.1) is 0 Å². The lowest BCUT2D eigenvalue weighted by molar-refractivity contribution is -0.136. The van der Waals surface area contributed by atoms with Crippen molar-refractivity contribution in [2.45, 2.75) is 6.42 Å². The first-order valence-electron chi connectivity index (χ1n) is 7.94. The number of benzene rings is 3. The van der Waals surface area contributed by atoms with Crippen LogP contribution in [0.15, 0.2) is 84.9 Å². The Bertz CT molecular complexity index is 780. The minimum atomic E-state index is -1.73. The molecule has 3 aromatic rings. The van der Waals surface area contributed by atoms with E-state index in [9.17, 15) is 4.79 Å². The molecule has 3 aromatic carbocycles. The largest absolute Gasteiger partial charge is 0.530 e. The lowest BCUT2D eigenvalue weighted by Crippen LogP contribution is -2.03. The predicted molar refractivity (Wildman–Crippen MR) is 99.5 cm³/mol. The summed E-state index contributed by atoms with van der Waals surface area (Å²) in [6, 6.07) is 25.4. The van der Waals surface area contributed by atoms with Gasteiger partial charge in [0, 0.05) is 0 Å². The summed E-state index contributed by atoms with van der Waals surface area (Å²) in [6.07, 6.45) is -0.0317. The first-order valence-corrected chi connectivity index (χ1v) is 9.03. The van der Waals surface area contributed by atoms with E-state index in [1.54, 1.807) is 24.3 Å². The number of aliphatic carboxylic acids is 1. The van der Waals surface area contributed by atoms with Gasteiger partial charge in [0.25, 0.3) is 0 Å². The van der Waals surface area contributed by atoms with Crippen molar-refractivity contribution in [3.63, 3.8) is 0 Å². The van der Waals surface area contributed by atoms with Crippen molar-refractivity contribution in [2.75, 3.05) is 0 Å². The summed E-state index contributed by atoms with van der Waals surface area (Å²) in [6.45, 7) is 0. The van der Waals surface area contributed by atoms with E-state index in [4.69, 9.17) is 18.7 Å². The van der Waals surface area contributed by atoms with Crippen LogP contribution in [0.3, 0.4) is 0 Å². The fourth-order valence-corrected chi connectivity index (χ4v) is 3.11. The van der Waals surface area contributed by atoms with Gasteiger partial charge in [-0.3, -0.25) is 4.79 Å². The summed E-state index contributed by atoms with van der Waals surface area (Å²) in [5.41, 5.74) is 0.696. The van der Waals surface area contributed by atoms with Gasteiger partial charge in [0.2, 0.25) is 0 Å². The molecule has 0 spiro atoms. The van der Waals surface area contributed by atoms with Crippen LogP contribution >= 0.6 is 8.60 Å². The molecule has 0 aliphatic heterocycles. The molecule has 0 saturated carbocycles. The second-order valence-corrected chi connectivity index (χ2v) is 6.33. The van der Waals surface area contributed by atoms with Crippen molar-refractivity contribution in [1.29, 1.82) is 0 Å². The van der Waals surface area contributed by atoms with Crippen LogP contribution in [-0.2, 0) is 11.2 Å². The number of carbonyl (C=O) groups is 1. The van der Waals surface area contributed by atoms with Crippen LogP contribution in [0.5, 0.6) is 17.2 Å². The molecule has 0 aliphatic rings. The molecule has 0 fully saturated rings. The SMILES string of the molecule is O=C(O)Cc1ccc(OP(Oc2ccccc2)Oc2ccccc2)cc1. The summed E-state index contributed by atoms with van der Waals surface area (Å²) >= 11 is 0. The maximum atomic E-state index is 10.8. The zero-order valence-electron chi connectivity index (χ0n) is 13.8. The lowest BCUT2D eigenvalue weighted by Gasteiger charge is -2.18. The topological polar surface area (TPSA) is 65.0 Å². The zero-order chi connectivity index (χ0) is 18.2. The number of carboxylic acid groups (broad SMARTS) is 1. The molecule has 3 rings (SSSR count). The van der Waals surface area contributed by atoms with Crippen LogP contribution in [0.1, 0.15) is 5.56 Å². The Hall–Kier alpha value is -3.04. The first kappa shape index (κ1) is 17.8. The van der Waals surface area contributed by atoms with Gasteiger partial charge in [0.1, 0.15) is 17.2 Å². The quantitative estimate of drug-likeness (QED) is 0.562. The van der Waals surface area contributed by atoms with E-state index in [2.05, 4.69) is 0 Å². The molecule has 0 heterocycles. The van der Waals surface area contributed by atoms with Gasteiger partial charge in [-0.25, -0.2) is 0 Å². The molecular weight excluding hydrogens is 351 g/mol. The molecule has 132 valence electrons. The van der Waals surface area contributed by atoms with Gasteiger partial charge in [0.05, 0.1) is 6.42 Å². The van der Waals surface area contributed by atoms with E-state index in [-0.39, 0.29) is 6.42 Å². The van der Waals surface area contributed by atoms with Gasteiger partial charge in [-0.1, -0.05) is 48.5 Å². The fraction of sp³-hybridized carbons (Fsp3) is 0.0500. The van der Waals surface area contributed by atoms with Gasteiger partial charge in [-0.05, 0) is 42.0 Å². The monoisotopic (exact) mass is 368 g/mol. The Morgan fingerprint density at radius 2 is 1.12 bits per heavy atom. The maximum absolute atomic E-state index is 10.8. The van der Waals surface area contributed by atoms with E-state index in [0.717, 1.165) is 0 Å². The highest BCUT2D eigenvalue weighted by atomic mass is 31.2. The van der Waals surface area contributed by atoms with Crippen LogP contribution in [0.25, 0.3) is 0 Å². The van der Waals surface area contributed by atoms with Crippen molar-refractivity contribution in [3.05, 3.63) is 90.5 Å². The van der Waals surface area contributed by atoms with Gasteiger partial charge >= 0.3 is 14.6 Å². The van der Waals surface area contributed by atoms with Crippen molar-refractivity contribution in [2.24, 2.45) is 0 Å². The normalized spacial score (nSPS) is 10.3. The van der Waals surface area contributed by atoms with Gasteiger partial charge < -0.3 is 18.7 Å². The highest BCUT2D eigenvalue weighted by molar-refractivity contribution is 7.43. The summed E-state index contributed by atoms with van der Waals surface area (Å²) in [5, 5.41) is 8.84. The van der Waals surface area contributed by atoms with Crippen molar-refractivity contribution in [1.82, 2.24) is 0 Å². The molecule has 6 heteroatoms. The number of para-hydroxylation sites is 2. The molecule has 0 atom stereocenters. The number of hydrogen-bond acceptors (Lipinski definition) is 4. The van der Waals surface area contributed by atoms with Crippen LogP contribution in [0, 0.1) is 0 Å². The molecule has 0 bridgehead atoms.